The third-order valence-electron chi connectivity index (χ3n) is 3.12. The van der Waals surface area contributed by atoms with Crippen molar-refractivity contribution in [3.8, 4) is 0 Å². The summed E-state index contributed by atoms with van der Waals surface area (Å²) in [5.74, 6) is 1.30. The molecule has 0 bridgehead atoms. The normalized spacial score (nSPS) is 23.0. The van der Waals surface area contributed by atoms with Gasteiger partial charge in [0.25, 0.3) is 0 Å². The number of nitrogens with zero attached hydrogens (tertiary/aromatic N) is 1. The average molecular weight is 247 g/mol. The van der Waals surface area contributed by atoms with Gasteiger partial charge in [0.2, 0.25) is 5.90 Å². The van der Waals surface area contributed by atoms with Crippen molar-refractivity contribution in [1.29, 1.82) is 0 Å². The molecule has 0 saturated heterocycles. The minimum Gasteiger partial charge on any atom is -0.472 e. The van der Waals surface area contributed by atoms with Gasteiger partial charge in [0.05, 0.1) is 6.04 Å². The highest BCUT2D eigenvalue weighted by Gasteiger charge is 2.31. The van der Waals surface area contributed by atoms with Crippen LogP contribution in [-0.4, -0.2) is 29.8 Å². The maximum atomic E-state index is 9.10. The molecular formula is C15H21NO2. The van der Waals surface area contributed by atoms with E-state index in [-0.39, 0.29) is 18.8 Å². The molecule has 1 aliphatic rings. The van der Waals surface area contributed by atoms with E-state index in [0.717, 1.165) is 17.9 Å². The largest absolute Gasteiger partial charge is 0.472 e. The van der Waals surface area contributed by atoms with Crippen LogP contribution in [0.1, 0.15) is 32.3 Å². The van der Waals surface area contributed by atoms with Gasteiger partial charge >= 0.3 is 0 Å². The van der Waals surface area contributed by atoms with E-state index in [2.05, 4.69) is 18.8 Å². The second-order valence-electron chi connectivity index (χ2n) is 5.17. The maximum Gasteiger partial charge on any atom is 0.216 e. The first-order chi connectivity index (χ1) is 8.70. The molecule has 2 rings (SSSR count). The Labute approximate surface area is 109 Å². The number of benzene rings is 1. The van der Waals surface area contributed by atoms with Crippen LogP contribution in [0.3, 0.4) is 0 Å². The Hall–Kier alpha value is -1.35. The minimum absolute atomic E-state index is 0.0209. The predicted molar refractivity (Wildman–Crippen MR) is 72.8 cm³/mol. The van der Waals surface area contributed by atoms with Crippen LogP contribution >= 0.6 is 0 Å². The van der Waals surface area contributed by atoms with E-state index < -0.39 is 0 Å². The quantitative estimate of drug-likeness (QED) is 0.869. The first-order valence-electron chi connectivity index (χ1n) is 6.61. The predicted octanol–water partition coefficient (Wildman–Crippen LogP) is 2.63. The van der Waals surface area contributed by atoms with E-state index in [9.17, 15) is 0 Å². The highest BCUT2D eigenvalue weighted by Crippen LogP contribution is 2.25. The number of aliphatic hydroxyl groups excluding tert-OH is 1. The highest BCUT2D eigenvalue weighted by molar-refractivity contribution is 5.95. The fourth-order valence-electron chi connectivity index (χ4n) is 2.28. The van der Waals surface area contributed by atoms with Crippen LogP contribution < -0.4 is 0 Å². The lowest BCUT2D eigenvalue weighted by Crippen LogP contribution is -2.25. The topological polar surface area (TPSA) is 41.8 Å². The van der Waals surface area contributed by atoms with Crippen molar-refractivity contribution in [2.24, 2.45) is 10.9 Å². The van der Waals surface area contributed by atoms with E-state index in [1.807, 2.05) is 30.3 Å². The zero-order valence-electron chi connectivity index (χ0n) is 11.0. The zero-order valence-corrected chi connectivity index (χ0v) is 11.0. The number of aliphatic hydroxyl groups is 1. The van der Waals surface area contributed by atoms with Gasteiger partial charge in [-0.1, -0.05) is 32.0 Å². The highest BCUT2D eigenvalue weighted by atomic mass is 16.5. The molecular weight excluding hydrogens is 226 g/mol. The van der Waals surface area contributed by atoms with Crippen LogP contribution in [0.4, 0.5) is 0 Å². The molecule has 98 valence electrons. The molecule has 2 atom stereocenters. The van der Waals surface area contributed by atoms with Crippen molar-refractivity contribution in [1.82, 2.24) is 0 Å². The lowest BCUT2D eigenvalue weighted by molar-refractivity contribution is 0.139. The number of rotatable bonds is 5. The van der Waals surface area contributed by atoms with Crippen LogP contribution in [-0.2, 0) is 4.74 Å². The van der Waals surface area contributed by atoms with Gasteiger partial charge in [-0.2, -0.15) is 0 Å². The molecule has 1 heterocycles. The number of hydrogen-bond donors (Lipinski definition) is 1. The smallest absolute Gasteiger partial charge is 0.216 e. The molecule has 1 N–H and O–H groups in total. The number of ether oxygens (including phenoxy) is 1. The van der Waals surface area contributed by atoms with Crippen molar-refractivity contribution in [2.75, 3.05) is 6.61 Å². The summed E-state index contributed by atoms with van der Waals surface area (Å²) in [7, 11) is 0. The Morgan fingerprint density at radius 1 is 1.28 bits per heavy atom. The molecule has 3 nitrogen and oxygen atoms in total. The molecule has 0 spiro atoms. The monoisotopic (exact) mass is 247 g/mol. The van der Waals surface area contributed by atoms with Gasteiger partial charge in [-0.05, 0) is 24.5 Å². The molecule has 0 radical (unpaired) electrons. The Balaban J connectivity index is 2.13. The SMILES string of the molecule is CC(C)C[C@@H]1N=C(c2ccccc2)OC1CCO. The molecule has 1 aromatic rings. The Morgan fingerprint density at radius 2 is 2.00 bits per heavy atom. The summed E-state index contributed by atoms with van der Waals surface area (Å²) in [6.07, 6.45) is 1.67. The van der Waals surface area contributed by atoms with Crippen LogP contribution in [0.5, 0.6) is 0 Å². The van der Waals surface area contributed by atoms with Gasteiger partial charge < -0.3 is 9.84 Å². The van der Waals surface area contributed by atoms with Crippen molar-refractivity contribution in [3.05, 3.63) is 35.9 Å². The van der Waals surface area contributed by atoms with E-state index in [1.54, 1.807) is 0 Å². The zero-order chi connectivity index (χ0) is 13.0. The maximum absolute atomic E-state index is 9.10. The summed E-state index contributed by atoms with van der Waals surface area (Å²) in [6.45, 7) is 4.52. The van der Waals surface area contributed by atoms with Gasteiger partial charge in [0, 0.05) is 18.6 Å². The summed E-state index contributed by atoms with van der Waals surface area (Å²) >= 11 is 0. The van der Waals surface area contributed by atoms with Crippen molar-refractivity contribution in [2.45, 2.75) is 38.8 Å². The molecule has 1 aliphatic heterocycles. The van der Waals surface area contributed by atoms with Crippen LogP contribution in [0.15, 0.2) is 35.3 Å². The van der Waals surface area contributed by atoms with Gasteiger partial charge in [-0.15, -0.1) is 0 Å². The Bertz CT molecular complexity index is 400. The summed E-state index contributed by atoms with van der Waals surface area (Å²) in [6, 6.07) is 10.1. The fraction of sp³-hybridized carbons (Fsp3) is 0.533. The fourth-order valence-corrected chi connectivity index (χ4v) is 2.28. The molecule has 1 unspecified atom stereocenters. The molecule has 3 heteroatoms. The second kappa shape index (κ2) is 6.01. The molecule has 0 saturated carbocycles. The molecule has 0 amide bonds. The van der Waals surface area contributed by atoms with Gasteiger partial charge in [0.1, 0.15) is 6.10 Å². The van der Waals surface area contributed by atoms with Crippen LogP contribution in [0.2, 0.25) is 0 Å². The summed E-state index contributed by atoms with van der Waals surface area (Å²) in [5.41, 5.74) is 1.02. The molecule has 0 fully saturated rings. The van der Waals surface area contributed by atoms with Crippen LogP contribution in [0.25, 0.3) is 0 Å². The van der Waals surface area contributed by atoms with Crippen molar-refractivity contribution < 1.29 is 9.84 Å². The number of hydrogen-bond acceptors (Lipinski definition) is 3. The Morgan fingerprint density at radius 3 is 2.61 bits per heavy atom. The van der Waals surface area contributed by atoms with Gasteiger partial charge in [-0.25, -0.2) is 4.99 Å². The lowest BCUT2D eigenvalue weighted by atomic mass is 9.98. The molecule has 18 heavy (non-hydrogen) atoms. The third-order valence-corrected chi connectivity index (χ3v) is 3.12. The van der Waals surface area contributed by atoms with Crippen molar-refractivity contribution >= 4 is 5.90 Å². The summed E-state index contributed by atoms with van der Waals surface area (Å²) < 4.78 is 5.89. The second-order valence-corrected chi connectivity index (χ2v) is 5.17. The Kier molecular flexibility index (Phi) is 4.37. The first kappa shape index (κ1) is 13.1. The average Bonchev–Trinajstić information content (AvgIpc) is 2.73. The lowest BCUT2D eigenvalue weighted by Gasteiger charge is -2.17. The minimum atomic E-state index is 0.0209. The third kappa shape index (κ3) is 3.10. The molecule has 1 aromatic carbocycles. The van der Waals surface area contributed by atoms with Crippen LogP contribution in [0, 0.1) is 5.92 Å². The van der Waals surface area contributed by atoms with Gasteiger partial charge in [-0.3, -0.25) is 0 Å². The van der Waals surface area contributed by atoms with Crippen molar-refractivity contribution in [3.63, 3.8) is 0 Å². The van der Waals surface area contributed by atoms with E-state index in [0.29, 0.717) is 12.3 Å². The molecule has 0 aromatic heterocycles. The molecule has 0 aliphatic carbocycles. The number of aliphatic imine (C=N–C) groups is 1. The summed E-state index contributed by atoms with van der Waals surface area (Å²) in [4.78, 5) is 4.68. The van der Waals surface area contributed by atoms with E-state index in [4.69, 9.17) is 9.84 Å². The standard InChI is InChI=1S/C15H21NO2/c1-11(2)10-13-14(8-9-17)18-15(16-13)12-6-4-3-5-7-12/h3-7,11,13-14,17H,8-10H2,1-2H3/t13-,14?/m0/s1. The summed E-state index contributed by atoms with van der Waals surface area (Å²) in [5, 5.41) is 9.10. The van der Waals surface area contributed by atoms with E-state index in [1.165, 1.54) is 0 Å². The first-order valence-corrected chi connectivity index (χ1v) is 6.61. The van der Waals surface area contributed by atoms with Gasteiger partial charge in [0.15, 0.2) is 0 Å². The van der Waals surface area contributed by atoms with E-state index >= 15 is 0 Å².